The molecular formula is C14H18N2O4. The van der Waals surface area contributed by atoms with Crippen molar-refractivity contribution in [1.29, 1.82) is 0 Å². The summed E-state index contributed by atoms with van der Waals surface area (Å²) in [6.45, 7) is 0.730. The molecule has 0 aliphatic heterocycles. The van der Waals surface area contributed by atoms with Gasteiger partial charge in [-0.3, -0.25) is 14.9 Å². The number of nitro groups is 1. The lowest BCUT2D eigenvalue weighted by Crippen LogP contribution is -2.25. The van der Waals surface area contributed by atoms with Crippen molar-refractivity contribution in [2.45, 2.75) is 25.7 Å². The van der Waals surface area contributed by atoms with Crippen LogP contribution in [0.5, 0.6) is 0 Å². The van der Waals surface area contributed by atoms with Gasteiger partial charge in [-0.05, 0) is 37.7 Å². The first-order chi connectivity index (χ1) is 9.56. The number of carbonyl (C=O) groups is 1. The van der Waals surface area contributed by atoms with Crippen LogP contribution in [0.15, 0.2) is 24.3 Å². The zero-order valence-corrected chi connectivity index (χ0v) is 11.1. The van der Waals surface area contributed by atoms with Crippen molar-refractivity contribution in [1.82, 2.24) is 0 Å². The fourth-order valence-corrected chi connectivity index (χ4v) is 2.61. The van der Waals surface area contributed by atoms with Crippen molar-refractivity contribution in [3.63, 3.8) is 0 Å². The van der Waals surface area contributed by atoms with Crippen molar-refractivity contribution < 1.29 is 14.8 Å². The highest BCUT2D eigenvalue weighted by Crippen LogP contribution is 2.29. The third-order valence-corrected chi connectivity index (χ3v) is 3.85. The van der Waals surface area contributed by atoms with Gasteiger partial charge in [0.05, 0.1) is 10.8 Å². The van der Waals surface area contributed by atoms with Crippen LogP contribution in [-0.2, 0) is 4.79 Å². The van der Waals surface area contributed by atoms with Crippen LogP contribution < -0.4 is 5.32 Å². The van der Waals surface area contributed by atoms with E-state index in [1.807, 2.05) is 0 Å². The lowest BCUT2D eigenvalue weighted by Gasteiger charge is -2.26. The lowest BCUT2D eigenvalue weighted by molar-refractivity contribution is -0.384. The van der Waals surface area contributed by atoms with Crippen molar-refractivity contribution in [3.8, 4) is 0 Å². The molecule has 6 nitrogen and oxygen atoms in total. The lowest BCUT2D eigenvalue weighted by atomic mass is 9.82. The van der Waals surface area contributed by atoms with E-state index >= 15 is 0 Å². The molecule has 2 rings (SSSR count). The highest BCUT2D eigenvalue weighted by atomic mass is 16.6. The van der Waals surface area contributed by atoms with Gasteiger partial charge in [0.1, 0.15) is 0 Å². The Morgan fingerprint density at radius 1 is 1.35 bits per heavy atom. The maximum Gasteiger partial charge on any atom is 0.306 e. The molecule has 1 aromatic rings. The van der Waals surface area contributed by atoms with Crippen molar-refractivity contribution in [3.05, 3.63) is 34.4 Å². The molecule has 1 aliphatic carbocycles. The first-order valence-electron chi connectivity index (χ1n) is 6.77. The summed E-state index contributed by atoms with van der Waals surface area (Å²) in [6.07, 6.45) is 3.21. The summed E-state index contributed by atoms with van der Waals surface area (Å²) in [4.78, 5) is 21.1. The Morgan fingerprint density at radius 2 is 2.05 bits per heavy atom. The number of rotatable bonds is 5. The van der Waals surface area contributed by atoms with Gasteiger partial charge >= 0.3 is 5.97 Å². The zero-order valence-electron chi connectivity index (χ0n) is 11.1. The minimum absolute atomic E-state index is 0.0737. The van der Waals surface area contributed by atoms with E-state index in [0.717, 1.165) is 37.9 Å². The molecule has 1 aliphatic rings. The van der Waals surface area contributed by atoms with E-state index in [4.69, 9.17) is 5.11 Å². The fourth-order valence-electron chi connectivity index (χ4n) is 2.61. The Hall–Kier alpha value is -2.11. The number of aliphatic carboxylic acids is 1. The number of hydrogen-bond donors (Lipinski definition) is 2. The number of hydrogen-bond acceptors (Lipinski definition) is 4. The fraction of sp³-hybridized carbons (Fsp3) is 0.500. The first kappa shape index (κ1) is 14.3. The molecule has 0 saturated heterocycles. The number of nitrogens with one attached hydrogen (secondary N) is 1. The van der Waals surface area contributed by atoms with Gasteiger partial charge in [0.15, 0.2) is 0 Å². The number of benzene rings is 1. The van der Waals surface area contributed by atoms with E-state index < -0.39 is 10.9 Å². The molecule has 0 aromatic heterocycles. The molecular weight excluding hydrogens is 260 g/mol. The van der Waals surface area contributed by atoms with E-state index in [9.17, 15) is 14.9 Å². The molecule has 0 amide bonds. The van der Waals surface area contributed by atoms with Crippen LogP contribution in [0.1, 0.15) is 25.7 Å². The number of nitrogens with zero attached hydrogens (tertiary/aromatic N) is 1. The van der Waals surface area contributed by atoms with Crippen LogP contribution in [0.3, 0.4) is 0 Å². The van der Waals surface area contributed by atoms with Crippen molar-refractivity contribution >= 4 is 17.3 Å². The molecule has 2 N–H and O–H groups in total. The molecule has 108 valence electrons. The van der Waals surface area contributed by atoms with Crippen LogP contribution >= 0.6 is 0 Å². The molecule has 0 spiro atoms. The molecule has 6 heteroatoms. The van der Waals surface area contributed by atoms with E-state index in [0.29, 0.717) is 5.92 Å². The minimum atomic E-state index is -0.699. The van der Waals surface area contributed by atoms with E-state index in [1.54, 1.807) is 12.1 Å². The maximum absolute atomic E-state index is 10.9. The van der Waals surface area contributed by atoms with Gasteiger partial charge in [0, 0.05) is 24.4 Å². The maximum atomic E-state index is 10.9. The number of carboxylic acid groups (broad SMARTS) is 1. The van der Waals surface area contributed by atoms with Crippen LogP contribution in [0, 0.1) is 22.0 Å². The summed E-state index contributed by atoms with van der Waals surface area (Å²) < 4.78 is 0. The average Bonchev–Trinajstić information content (AvgIpc) is 2.46. The standard InChI is InChI=1S/C14H18N2O4/c17-14(18)11-6-4-10(5-7-11)9-15-12-2-1-3-13(8-12)16(19)20/h1-3,8,10-11,15H,4-7,9H2,(H,17,18). The van der Waals surface area contributed by atoms with Crippen molar-refractivity contribution in [2.24, 2.45) is 11.8 Å². The number of non-ortho nitro benzene ring substituents is 1. The van der Waals surface area contributed by atoms with Crippen LogP contribution in [0.25, 0.3) is 0 Å². The monoisotopic (exact) mass is 278 g/mol. The quantitative estimate of drug-likeness (QED) is 0.638. The van der Waals surface area contributed by atoms with E-state index in [2.05, 4.69) is 5.32 Å². The van der Waals surface area contributed by atoms with Gasteiger partial charge in [-0.15, -0.1) is 0 Å². The summed E-state index contributed by atoms with van der Waals surface area (Å²) in [5, 5.41) is 22.8. The van der Waals surface area contributed by atoms with Gasteiger partial charge in [-0.1, -0.05) is 6.07 Å². The van der Waals surface area contributed by atoms with Gasteiger partial charge in [-0.25, -0.2) is 0 Å². The summed E-state index contributed by atoms with van der Waals surface area (Å²) >= 11 is 0. The summed E-state index contributed by atoms with van der Waals surface area (Å²) in [6, 6.07) is 6.43. The largest absolute Gasteiger partial charge is 0.481 e. The predicted octanol–water partition coefficient (Wildman–Crippen LogP) is 2.90. The second-order valence-corrected chi connectivity index (χ2v) is 5.24. The summed E-state index contributed by atoms with van der Waals surface area (Å²) in [5.74, 6) is -0.469. The van der Waals surface area contributed by atoms with Gasteiger partial charge in [-0.2, -0.15) is 0 Å². The second kappa shape index (κ2) is 6.36. The average molecular weight is 278 g/mol. The predicted molar refractivity (Wildman–Crippen MR) is 74.7 cm³/mol. The third kappa shape index (κ3) is 3.69. The van der Waals surface area contributed by atoms with Gasteiger partial charge < -0.3 is 10.4 Å². The Morgan fingerprint density at radius 3 is 2.65 bits per heavy atom. The zero-order chi connectivity index (χ0) is 14.5. The normalized spacial score (nSPS) is 22.2. The Balaban J connectivity index is 1.83. The van der Waals surface area contributed by atoms with E-state index in [1.165, 1.54) is 12.1 Å². The van der Waals surface area contributed by atoms with Crippen LogP contribution in [-0.4, -0.2) is 22.5 Å². The molecule has 1 saturated carbocycles. The molecule has 0 unspecified atom stereocenters. The van der Waals surface area contributed by atoms with Crippen LogP contribution in [0.2, 0.25) is 0 Å². The number of nitro benzene ring substituents is 1. The SMILES string of the molecule is O=C(O)C1CCC(CNc2cccc([N+](=O)[O-])c2)CC1. The molecule has 20 heavy (non-hydrogen) atoms. The molecule has 0 atom stereocenters. The molecule has 0 radical (unpaired) electrons. The molecule has 0 heterocycles. The van der Waals surface area contributed by atoms with Gasteiger partial charge in [0.25, 0.3) is 5.69 Å². The van der Waals surface area contributed by atoms with Gasteiger partial charge in [0.2, 0.25) is 0 Å². The molecule has 1 fully saturated rings. The number of carboxylic acids is 1. The van der Waals surface area contributed by atoms with Crippen molar-refractivity contribution in [2.75, 3.05) is 11.9 Å². The van der Waals surface area contributed by atoms with E-state index in [-0.39, 0.29) is 11.6 Å². The second-order valence-electron chi connectivity index (χ2n) is 5.24. The molecule has 0 bridgehead atoms. The Bertz CT molecular complexity index is 496. The summed E-state index contributed by atoms with van der Waals surface area (Å²) in [5.41, 5.74) is 0.809. The molecule has 1 aromatic carbocycles. The first-order valence-corrected chi connectivity index (χ1v) is 6.77. The third-order valence-electron chi connectivity index (χ3n) is 3.85. The highest BCUT2D eigenvalue weighted by Gasteiger charge is 2.25. The number of anilines is 1. The smallest absolute Gasteiger partial charge is 0.306 e. The summed E-state index contributed by atoms with van der Waals surface area (Å²) in [7, 11) is 0. The Labute approximate surface area is 117 Å². The topological polar surface area (TPSA) is 92.5 Å². The highest BCUT2D eigenvalue weighted by molar-refractivity contribution is 5.70. The van der Waals surface area contributed by atoms with Crippen LogP contribution in [0.4, 0.5) is 11.4 Å². The minimum Gasteiger partial charge on any atom is -0.481 e. The Kier molecular flexibility index (Phi) is 4.55.